The van der Waals surface area contributed by atoms with Gasteiger partial charge >= 0.3 is 6.01 Å². The van der Waals surface area contributed by atoms with Crippen molar-refractivity contribution in [2.75, 3.05) is 12.4 Å². The van der Waals surface area contributed by atoms with Gasteiger partial charge in [0.15, 0.2) is 0 Å². The summed E-state index contributed by atoms with van der Waals surface area (Å²) in [5.41, 5.74) is 2.75. The zero-order valence-corrected chi connectivity index (χ0v) is 11.5. The van der Waals surface area contributed by atoms with E-state index in [2.05, 4.69) is 45.1 Å². The highest BCUT2D eigenvalue weighted by molar-refractivity contribution is 5.85. The molecule has 0 saturated carbocycles. The minimum Gasteiger partial charge on any atom is -0.407 e. The first-order valence-corrected chi connectivity index (χ1v) is 6.18. The van der Waals surface area contributed by atoms with E-state index < -0.39 is 0 Å². The van der Waals surface area contributed by atoms with Crippen LogP contribution >= 0.6 is 12.4 Å². The lowest BCUT2D eigenvalue weighted by molar-refractivity contribution is 0.484. The fraction of sp³-hybridized carbons (Fsp3) is 0.385. The van der Waals surface area contributed by atoms with Crippen molar-refractivity contribution in [3.63, 3.8) is 0 Å². The zero-order valence-electron chi connectivity index (χ0n) is 10.7. The molecular weight excluding hydrogens is 264 g/mol. The van der Waals surface area contributed by atoms with E-state index in [0.717, 1.165) is 12.8 Å². The summed E-state index contributed by atoms with van der Waals surface area (Å²) in [6.45, 7) is 0.593. The van der Waals surface area contributed by atoms with Gasteiger partial charge in [0, 0.05) is 0 Å². The van der Waals surface area contributed by atoms with Gasteiger partial charge < -0.3 is 15.1 Å². The molecule has 1 heterocycles. The molecule has 19 heavy (non-hydrogen) atoms. The fourth-order valence-electron chi connectivity index (χ4n) is 2.39. The zero-order chi connectivity index (χ0) is 12.4. The highest BCUT2D eigenvalue weighted by Crippen LogP contribution is 2.33. The summed E-state index contributed by atoms with van der Waals surface area (Å²) in [6.07, 6.45) is 2.18. The Bertz CT molecular complexity index is 543. The van der Waals surface area contributed by atoms with Crippen molar-refractivity contribution in [2.24, 2.45) is 0 Å². The summed E-state index contributed by atoms with van der Waals surface area (Å²) in [6, 6.07) is 9.27. The number of benzene rings is 1. The maximum Gasteiger partial charge on any atom is 0.315 e. The van der Waals surface area contributed by atoms with Crippen LogP contribution in [0.5, 0.6) is 0 Å². The second-order valence-corrected chi connectivity index (χ2v) is 4.47. The number of nitrogens with one attached hydrogen (secondary N) is 2. The van der Waals surface area contributed by atoms with Gasteiger partial charge in [-0.15, -0.1) is 17.5 Å². The van der Waals surface area contributed by atoms with Gasteiger partial charge in [-0.1, -0.05) is 29.4 Å². The number of anilines is 1. The van der Waals surface area contributed by atoms with E-state index in [9.17, 15) is 0 Å². The lowest BCUT2D eigenvalue weighted by atomic mass is 10.1. The van der Waals surface area contributed by atoms with Crippen LogP contribution in [-0.4, -0.2) is 17.2 Å². The SMILES string of the molecule is CNCc1nnc(NC2CCc3ccccc32)o1.Cl. The first-order valence-electron chi connectivity index (χ1n) is 6.18. The fourth-order valence-corrected chi connectivity index (χ4v) is 2.39. The van der Waals surface area contributed by atoms with Crippen molar-refractivity contribution < 1.29 is 4.42 Å². The molecule has 1 unspecified atom stereocenters. The van der Waals surface area contributed by atoms with Gasteiger partial charge in [0.25, 0.3) is 0 Å². The minimum absolute atomic E-state index is 0. The number of fused-ring (bicyclic) bond motifs is 1. The van der Waals surface area contributed by atoms with E-state index in [-0.39, 0.29) is 18.4 Å². The average molecular weight is 281 g/mol. The predicted octanol–water partition coefficient (Wildman–Crippen LogP) is 2.31. The van der Waals surface area contributed by atoms with Gasteiger partial charge in [-0.05, 0) is 31.0 Å². The molecule has 1 aromatic heterocycles. The second kappa shape index (κ2) is 6.04. The van der Waals surface area contributed by atoms with Crippen molar-refractivity contribution in [3.8, 4) is 0 Å². The third-order valence-corrected chi connectivity index (χ3v) is 3.23. The molecule has 1 aromatic carbocycles. The molecule has 6 heteroatoms. The maximum atomic E-state index is 5.51. The summed E-state index contributed by atoms with van der Waals surface area (Å²) >= 11 is 0. The van der Waals surface area contributed by atoms with E-state index in [0.29, 0.717) is 18.5 Å². The Morgan fingerprint density at radius 2 is 2.16 bits per heavy atom. The molecule has 1 aliphatic carbocycles. The Morgan fingerprint density at radius 1 is 1.32 bits per heavy atom. The molecule has 1 atom stereocenters. The van der Waals surface area contributed by atoms with Gasteiger partial charge in [0.05, 0.1) is 12.6 Å². The minimum atomic E-state index is 0. The molecule has 0 bridgehead atoms. The molecule has 0 amide bonds. The third-order valence-electron chi connectivity index (χ3n) is 3.23. The monoisotopic (exact) mass is 280 g/mol. The highest BCUT2D eigenvalue weighted by Gasteiger charge is 2.23. The number of aryl methyl sites for hydroxylation is 1. The van der Waals surface area contributed by atoms with Gasteiger partial charge in [0.2, 0.25) is 5.89 Å². The van der Waals surface area contributed by atoms with E-state index in [1.165, 1.54) is 11.1 Å². The maximum absolute atomic E-state index is 5.51. The van der Waals surface area contributed by atoms with Crippen LogP contribution in [0.4, 0.5) is 6.01 Å². The molecule has 0 aliphatic heterocycles. The van der Waals surface area contributed by atoms with Crippen LogP contribution in [0.3, 0.4) is 0 Å². The summed E-state index contributed by atoms with van der Waals surface area (Å²) in [4.78, 5) is 0. The van der Waals surface area contributed by atoms with Crippen molar-refractivity contribution in [1.82, 2.24) is 15.5 Å². The number of halogens is 1. The third kappa shape index (κ3) is 2.88. The number of hydrogen-bond donors (Lipinski definition) is 2. The smallest absolute Gasteiger partial charge is 0.315 e. The molecule has 0 spiro atoms. The predicted molar refractivity (Wildman–Crippen MR) is 75.4 cm³/mol. The summed E-state index contributed by atoms with van der Waals surface area (Å²) in [5.74, 6) is 0.603. The summed E-state index contributed by atoms with van der Waals surface area (Å²) < 4.78 is 5.51. The molecule has 5 nitrogen and oxygen atoms in total. The Labute approximate surface area is 118 Å². The Balaban J connectivity index is 0.00000133. The first-order chi connectivity index (χ1) is 8.86. The molecular formula is C13H17ClN4O. The lowest BCUT2D eigenvalue weighted by Gasteiger charge is -2.11. The van der Waals surface area contributed by atoms with Crippen molar-refractivity contribution in [3.05, 3.63) is 41.3 Å². The molecule has 102 valence electrons. The number of nitrogens with zero attached hydrogens (tertiary/aromatic N) is 2. The summed E-state index contributed by atoms with van der Waals surface area (Å²) in [5, 5.41) is 14.3. The first kappa shape index (κ1) is 13.8. The van der Waals surface area contributed by atoms with Crippen LogP contribution in [-0.2, 0) is 13.0 Å². The van der Waals surface area contributed by atoms with E-state index in [1.807, 2.05) is 7.05 Å². The molecule has 0 saturated heterocycles. The highest BCUT2D eigenvalue weighted by atomic mass is 35.5. The molecule has 3 rings (SSSR count). The quantitative estimate of drug-likeness (QED) is 0.900. The molecule has 0 radical (unpaired) electrons. The van der Waals surface area contributed by atoms with Crippen molar-refractivity contribution in [1.29, 1.82) is 0 Å². The molecule has 0 fully saturated rings. The molecule has 2 aromatic rings. The van der Waals surface area contributed by atoms with Crippen LogP contribution in [0.15, 0.2) is 28.7 Å². The Kier molecular flexibility index (Phi) is 4.39. The Morgan fingerprint density at radius 3 is 3.00 bits per heavy atom. The normalized spacial score (nSPS) is 16.8. The van der Waals surface area contributed by atoms with Crippen LogP contribution in [0, 0.1) is 0 Å². The summed E-state index contributed by atoms with van der Waals surface area (Å²) in [7, 11) is 1.85. The van der Waals surface area contributed by atoms with E-state index in [1.54, 1.807) is 0 Å². The van der Waals surface area contributed by atoms with E-state index >= 15 is 0 Å². The van der Waals surface area contributed by atoms with E-state index in [4.69, 9.17) is 4.42 Å². The van der Waals surface area contributed by atoms with Crippen molar-refractivity contribution >= 4 is 18.4 Å². The van der Waals surface area contributed by atoms with Crippen LogP contribution < -0.4 is 10.6 Å². The number of hydrogen-bond acceptors (Lipinski definition) is 5. The van der Waals surface area contributed by atoms with Crippen LogP contribution in [0.2, 0.25) is 0 Å². The number of rotatable bonds is 4. The lowest BCUT2D eigenvalue weighted by Crippen LogP contribution is -2.07. The Hall–Kier alpha value is -1.59. The largest absolute Gasteiger partial charge is 0.407 e. The number of aromatic nitrogens is 2. The second-order valence-electron chi connectivity index (χ2n) is 4.47. The van der Waals surface area contributed by atoms with Crippen LogP contribution in [0.1, 0.15) is 29.5 Å². The molecule has 2 N–H and O–H groups in total. The van der Waals surface area contributed by atoms with Gasteiger partial charge in [-0.2, -0.15) is 0 Å². The standard InChI is InChI=1S/C13H16N4O.ClH/c1-14-8-12-16-17-13(18-12)15-11-7-6-9-4-2-3-5-10(9)11;/h2-5,11,14H,6-8H2,1H3,(H,15,17);1H. The average Bonchev–Trinajstić information content (AvgIpc) is 2.99. The van der Waals surface area contributed by atoms with Gasteiger partial charge in [-0.25, -0.2) is 0 Å². The van der Waals surface area contributed by atoms with Gasteiger partial charge in [-0.3, -0.25) is 0 Å². The molecule has 1 aliphatic rings. The van der Waals surface area contributed by atoms with Gasteiger partial charge in [0.1, 0.15) is 0 Å². The van der Waals surface area contributed by atoms with Crippen molar-refractivity contribution in [2.45, 2.75) is 25.4 Å². The topological polar surface area (TPSA) is 63.0 Å². The van der Waals surface area contributed by atoms with Crippen LogP contribution in [0.25, 0.3) is 0 Å².